The Kier molecular flexibility index (Phi) is 5.66. The average Bonchev–Trinajstić information content (AvgIpc) is 2.81. The molecule has 1 aliphatic heterocycles. The summed E-state index contributed by atoms with van der Waals surface area (Å²) in [4.78, 5) is 33.5. The highest BCUT2D eigenvalue weighted by Crippen LogP contribution is 2.19. The topological polar surface area (TPSA) is 53.5 Å². The third kappa shape index (κ3) is 4.10. The summed E-state index contributed by atoms with van der Waals surface area (Å²) in [5.41, 5.74) is 2.66. The fourth-order valence-electron chi connectivity index (χ4n) is 3.41. The van der Waals surface area contributed by atoms with E-state index in [1.807, 2.05) is 48.2 Å². The van der Waals surface area contributed by atoms with Gasteiger partial charge in [-0.3, -0.25) is 14.6 Å². The number of aromatic nitrogens is 1. The molecule has 5 nitrogen and oxygen atoms in total. The van der Waals surface area contributed by atoms with Gasteiger partial charge in [-0.15, -0.1) is 0 Å². The molecule has 5 heteroatoms. The maximum atomic E-state index is 12.9. The Morgan fingerprint density at radius 1 is 1.23 bits per heavy atom. The zero-order chi connectivity index (χ0) is 18.5. The van der Waals surface area contributed by atoms with Gasteiger partial charge >= 0.3 is 0 Å². The quantitative estimate of drug-likeness (QED) is 0.851. The van der Waals surface area contributed by atoms with Crippen molar-refractivity contribution in [2.24, 2.45) is 0 Å². The fraction of sp³-hybridized carbons (Fsp3) is 0.381. The summed E-state index contributed by atoms with van der Waals surface area (Å²) in [5, 5.41) is 0. The lowest BCUT2D eigenvalue weighted by Crippen LogP contribution is -2.43. The van der Waals surface area contributed by atoms with Gasteiger partial charge in [-0.25, -0.2) is 0 Å². The molecule has 0 saturated carbocycles. The van der Waals surface area contributed by atoms with Crippen LogP contribution in [0.25, 0.3) is 0 Å². The van der Waals surface area contributed by atoms with Crippen LogP contribution in [0.15, 0.2) is 48.8 Å². The van der Waals surface area contributed by atoms with E-state index in [0.29, 0.717) is 31.6 Å². The number of benzene rings is 1. The van der Waals surface area contributed by atoms with Crippen LogP contribution in [0, 0.1) is 6.92 Å². The van der Waals surface area contributed by atoms with Crippen LogP contribution in [0.1, 0.15) is 41.3 Å². The maximum absolute atomic E-state index is 12.9. The van der Waals surface area contributed by atoms with Gasteiger partial charge in [0.15, 0.2) is 0 Å². The van der Waals surface area contributed by atoms with Crippen molar-refractivity contribution in [3.05, 3.63) is 65.5 Å². The number of carbonyl (C=O) groups excluding carboxylic acids is 2. The first-order chi connectivity index (χ1) is 12.6. The lowest BCUT2D eigenvalue weighted by molar-refractivity contribution is -0.133. The van der Waals surface area contributed by atoms with Crippen LogP contribution in [-0.4, -0.2) is 45.7 Å². The zero-order valence-corrected chi connectivity index (χ0v) is 15.4. The van der Waals surface area contributed by atoms with Crippen LogP contribution in [0.5, 0.6) is 0 Å². The normalized spacial score (nSPS) is 17.9. The molecule has 1 saturated heterocycles. The summed E-state index contributed by atoms with van der Waals surface area (Å²) in [5.74, 6) is 0.0624. The maximum Gasteiger partial charge on any atom is 0.255 e. The Hall–Kier alpha value is -2.69. The van der Waals surface area contributed by atoms with E-state index in [-0.39, 0.29) is 17.9 Å². The smallest absolute Gasteiger partial charge is 0.255 e. The number of rotatable bonds is 4. The number of hydrogen-bond donors (Lipinski definition) is 0. The molecule has 26 heavy (non-hydrogen) atoms. The summed E-state index contributed by atoms with van der Waals surface area (Å²) in [6.07, 6.45) is 4.51. The highest BCUT2D eigenvalue weighted by Gasteiger charge is 2.31. The molecule has 1 aromatic carbocycles. The standard InChI is InChI=1S/C21H25N3O2/c1-3-19-15-23(21(26)18-11-16(2)12-22-13-18)10-9-20(25)24(19)14-17-7-5-4-6-8-17/h4-8,11-13,19H,3,9-10,14-15H2,1-2H3. The van der Waals surface area contributed by atoms with Crippen molar-refractivity contribution in [1.82, 2.24) is 14.8 Å². The lowest BCUT2D eigenvalue weighted by Gasteiger charge is -2.31. The number of hydrogen-bond acceptors (Lipinski definition) is 3. The molecule has 0 aliphatic carbocycles. The third-order valence-electron chi connectivity index (χ3n) is 4.86. The summed E-state index contributed by atoms with van der Waals surface area (Å²) >= 11 is 0. The van der Waals surface area contributed by atoms with Crippen molar-refractivity contribution < 1.29 is 9.59 Å². The molecule has 0 radical (unpaired) electrons. The number of pyridine rings is 1. The average molecular weight is 351 g/mol. The van der Waals surface area contributed by atoms with Crippen molar-refractivity contribution in [2.75, 3.05) is 13.1 Å². The van der Waals surface area contributed by atoms with Crippen molar-refractivity contribution >= 4 is 11.8 Å². The largest absolute Gasteiger partial charge is 0.336 e. The van der Waals surface area contributed by atoms with Gasteiger partial charge in [-0.1, -0.05) is 37.3 Å². The van der Waals surface area contributed by atoms with Gasteiger partial charge in [0.05, 0.1) is 5.56 Å². The summed E-state index contributed by atoms with van der Waals surface area (Å²) in [6.45, 7) is 5.59. The summed E-state index contributed by atoms with van der Waals surface area (Å²) in [7, 11) is 0. The van der Waals surface area contributed by atoms with E-state index in [4.69, 9.17) is 0 Å². The number of carbonyl (C=O) groups is 2. The SMILES string of the molecule is CCC1CN(C(=O)c2cncc(C)c2)CCC(=O)N1Cc1ccccc1. The molecule has 0 spiro atoms. The predicted octanol–water partition coefficient (Wildman–Crippen LogP) is 3.04. The van der Waals surface area contributed by atoms with E-state index in [0.717, 1.165) is 17.5 Å². The number of aryl methyl sites for hydroxylation is 1. The Morgan fingerprint density at radius 3 is 2.69 bits per heavy atom. The van der Waals surface area contributed by atoms with E-state index in [2.05, 4.69) is 11.9 Å². The summed E-state index contributed by atoms with van der Waals surface area (Å²) in [6, 6.07) is 11.9. The predicted molar refractivity (Wildman–Crippen MR) is 101 cm³/mol. The highest BCUT2D eigenvalue weighted by atomic mass is 16.2. The van der Waals surface area contributed by atoms with Crippen LogP contribution < -0.4 is 0 Å². The van der Waals surface area contributed by atoms with E-state index in [9.17, 15) is 9.59 Å². The molecule has 2 amide bonds. The van der Waals surface area contributed by atoms with Crippen LogP contribution in [0.2, 0.25) is 0 Å². The molecule has 1 aliphatic rings. The minimum atomic E-state index is -0.0472. The van der Waals surface area contributed by atoms with Gasteiger partial charge in [0.1, 0.15) is 0 Å². The Morgan fingerprint density at radius 2 is 2.00 bits per heavy atom. The second kappa shape index (κ2) is 8.13. The summed E-state index contributed by atoms with van der Waals surface area (Å²) < 4.78 is 0. The first-order valence-corrected chi connectivity index (χ1v) is 9.12. The van der Waals surface area contributed by atoms with Crippen LogP contribution in [0.3, 0.4) is 0 Å². The zero-order valence-electron chi connectivity index (χ0n) is 15.4. The van der Waals surface area contributed by atoms with Crippen molar-refractivity contribution in [3.8, 4) is 0 Å². The van der Waals surface area contributed by atoms with Gasteiger partial charge in [-0.05, 0) is 30.5 Å². The fourth-order valence-corrected chi connectivity index (χ4v) is 3.41. The van der Waals surface area contributed by atoms with Crippen molar-refractivity contribution in [2.45, 2.75) is 39.3 Å². The van der Waals surface area contributed by atoms with Crippen LogP contribution in [-0.2, 0) is 11.3 Å². The molecule has 0 bridgehead atoms. The molecule has 1 aromatic heterocycles. The first kappa shape index (κ1) is 18.1. The Balaban J connectivity index is 1.78. The second-order valence-corrected chi connectivity index (χ2v) is 6.82. The lowest BCUT2D eigenvalue weighted by atomic mass is 10.1. The molecule has 2 aromatic rings. The molecule has 1 atom stereocenters. The number of amides is 2. The van der Waals surface area contributed by atoms with E-state index >= 15 is 0 Å². The molecular weight excluding hydrogens is 326 g/mol. The Bertz CT molecular complexity index is 776. The molecule has 1 unspecified atom stereocenters. The molecular formula is C21H25N3O2. The van der Waals surface area contributed by atoms with Crippen LogP contribution >= 0.6 is 0 Å². The first-order valence-electron chi connectivity index (χ1n) is 9.12. The second-order valence-electron chi connectivity index (χ2n) is 6.82. The minimum absolute atomic E-state index is 0.0203. The van der Waals surface area contributed by atoms with Crippen molar-refractivity contribution in [3.63, 3.8) is 0 Å². The molecule has 3 rings (SSSR count). The van der Waals surface area contributed by atoms with Crippen LogP contribution in [0.4, 0.5) is 0 Å². The highest BCUT2D eigenvalue weighted by molar-refractivity contribution is 5.94. The molecule has 1 fully saturated rings. The monoisotopic (exact) mass is 351 g/mol. The van der Waals surface area contributed by atoms with Gasteiger partial charge in [0, 0.05) is 44.5 Å². The molecule has 0 N–H and O–H groups in total. The Labute approximate surface area is 154 Å². The van der Waals surface area contributed by atoms with Gasteiger partial charge in [0.2, 0.25) is 5.91 Å². The van der Waals surface area contributed by atoms with E-state index in [1.165, 1.54) is 0 Å². The molecule has 2 heterocycles. The van der Waals surface area contributed by atoms with Gasteiger partial charge in [0.25, 0.3) is 5.91 Å². The van der Waals surface area contributed by atoms with Crippen molar-refractivity contribution in [1.29, 1.82) is 0 Å². The van der Waals surface area contributed by atoms with Gasteiger partial charge in [-0.2, -0.15) is 0 Å². The van der Waals surface area contributed by atoms with E-state index < -0.39 is 0 Å². The number of nitrogens with zero attached hydrogens (tertiary/aromatic N) is 3. The molecule has 136 valence electrons. The van der Waals surface area contributed by atoms with E-state index in [1.54, 1.807) is 17.3 Å². The van der Waals surface area contributed by atoms with Gasteiger partial charge < -0.3 is 9.80 Å². The minimum Gasteiger partial charge on any atom is -0.336 e. The third-order valence-corrected chi connectivity index (χ3v) is 4.86.